The summed E-state index contributed by atoms with van der Waals surface area (Å²) in [5, 5.41) is 27.9. The second kappa shape index (κ2) is 9.32. The van der Waals surface area contributed by atoms with Crippen molar-refractivity contribution in [3.63, 3.8) is 0 Å². The zero-order valence-electron chi connectivity index (χ0n) is 15.2. The predicted octanol–water partition coefficient (Wildman–Crippen LogP) is 1.42. The van der Waals surface area contributed by atoms with Gasteiger partial charge in [0, 0.05) is 18.8 Å². The fraction of sp³-hybridized carbons (Fsp3) is 0.300. The van der Waals surface area contributed by atoms with Gasteiger partial charge in [-0.1, -0.05) is 30.3 Å². The number of carboxylic acids is 1. The highest BCUT2D eigenvalue weighted by Crippen LogP contribution is 2.15. The van der Waals surface area contributed by atoms with Crippen LogP contribution >= 0.6 is 0 Å². The van der Waals surface area contributed by atoms with E-state index in [-0.39, 0.29) is 24.2 Å². The number of anilines is 1. The molecule has 0 spiro atoms. The van der Waals surface area contributed by atoms with Crippen molar-refractivity contribution in [2.75, 3.05) is 18.5 Å². The second-order valence-corrected chi connectivity index (χ2v) is 6.55. The van der Waals surface area contributed by atoms with Gasteiger partial charge in [-0.3, -0.25) is 0 Å². The van der Waals surface area contributed by atoms with Crippen LogP contribution in [-0.4, -0.2) is 53.6 Å². The maximum Gasteiger partial charge on any atom is 0.335 e. The van der Waals surface area contributed by atoms with Crippen molar-refractivity contribution in [2.45, 2.75) is 24.8 Å². The zero-order chi connectivity index (χ0) is 19.9. The SMILES string of the molecule is O=C(NCC1OCC(NCc2ccc(C(=O)O)cc2)C1O)Nc1ccccc1. The maximum absolute atomic E-state index is 11.9. The molecule has 1 aliphatic rings. The minimum absolute atomic E-state index is 0.186. The average molecular weight is 385 g/mol. The van der Waals surface area contributed by atoms with Crippen LogP contribution in [-0.2, 0) is 11.3 Å². The summed E-state index contributed by atoms with van der Waals surface area (Å²) >= 11 is 0. The molecule has 2 aromatic rings. The fourth-order valence-electron chi connectivity index (χ4n) is 2.95. The third-order valence-electron chi connectivity index (χ3n) is 4.55. The summed E-state index contributed by atoms with van der Waals surface area (Å²) in [6.07, 6.45) is -1.27. The summed E-state index contributed by atoms with van der Waals surface area (Å²) in [6.45, 7) is 0.978. The molecule has 8 nitrogen and oxygen atoms in total. The number of carbonyl (C=O) groups is 2. The standard InChI is InChI=1S/C20H23N3O5/c24-18-16(21-10-13-6-8-14(9-7-13)19(25)26)12-28-17(18)11-22-20(27)23-15-4-2-1-3-5-15/h1-9,16-18,21,24H,10-12H2,(H,25,26)(H2,22,23,27). The van der Waals surface area contributed by atoms with Crippen molar-refractivity contribution >= 4 is 17.7 Å². The minimum atomic E-state index is -0.967. The number of hydrogen-bond donors (Lipinski definition) is 5. The van der Waals surface area contributed by atoms with E-state index in [0.717, 1.165) is 5.56 Å². The van der Waals surface area contributed by atoms with E-state index in [1.54, 1.807) is 36.4 Å². The molecular formula is C20H23N3O5. The Hall–Kier alpha value is -2.94. The van der Waals surface area contributed by atoms with E-state index < -0.39 is 18.2 Å². The van der Waals surface area contributed by atoms with Gasteiger partial charge in [0.1, 0.15) is 6.10 Å². The van der Waals surface area contributed by atoms with Crippen molar-refractivity contribution in [3.8, 4) is 0 Å². The van der Waals surface area contributed by atoms with Gasteiger partial charge in [0.2, 0.25) is 0 Å². The first-order chi connectivity index (χ1) is 13.5. The summed E-state index contributed by atoms with van der Waals surface area (Å²) in [5.74, 6) is -0.967. The smallest absolute Gasteiger partial charge is 0.335 e. The first-order valence-electron chi connectivity index (χ1n) is 8.98. The highest BCUT2D eigenvalue weighted by atomic mass is 16.5. The number of carboxylic acid groups (broad SMARTS) is 1. The quantitative estimate of drug-likeness (QED) is 0.492. The van der Waals surface area contributed by atoms with E-state index in [4.69, 9.17) is 9.84 Å². The van der Waals surface area contributed by atoms with Gasteiger partial charge in [0.15, 0.2) is 0 Å². The molecule has 28 heavy (non-hydrogen) atoms. The van der Waals surface area contributed by atoms with Crippen LogP contribution in [0.4, 0.5) is 10.5 Å². The maximum atomic E-state index is 11.9. The van der Waals surface area contributed by atoms with E-state index in [1.807, 2.05) is 18.2 Å². The van der Waals surface area contributed by atoms with E-state index in [0.29, 0.717) is 18.8 Å². The molecular weight excluding hydrogens is 362 g/mol. The van der Waals surface area contributed by atoms with Crippen molar-refractivity contribution in [1.82, 2.24) is 10.6 Å². The van der Waals surface area contributed by atoms with Crippen LogP contribution in [0.2, 0.25) is 0 Å². The lowest BCUT2D eigenvalue weighted by Crippen LogP contribution is -2.45. The molecule has 0 bridgehead atoms. The van der Waals surface area contributed by atoms with E-state index in [2.05, 4.69) is 16.0 Å². The Labute approximate surface area is 162 Å². The minimum Gasteiger partial charge on any atom is -0.478 e. The van der Waals surface area contributed by atoms with E-state index >= 15 is 0 Å². The molecule has 0 aliphatic carbocycles. The lowest BCUT2D eigenvalue weighted by atomic mass is 10.1. The van der Waals surface area contributed by atoms with Crippen LogP contribution < -0.4 is 16.0 Å². The van der Waals surface area contributed by atoms with Gasteiger partial charge in [0.05, 0.1) is 24.3 Å². The van der Waals surface area contributed by atoms with Crippen LogP contribution in [0.15, 0.2) is 54.6 Å². The van der Waals surface area contributed by atoms with Crippen LogP contribution in [0.3, 0.4) is 0 Å². The average Bonchev–Trinajstić information content (AvgIpc) is 3.05. The number of benzene rings is 2. The zero-order valence-corrected chi connectivity index (χ0v) is 15.2. The molecule has 0 aromatic heterocycles. The van der Waals surface area contributed by atoms with Gasteiger partial charge in [-0.15, -0.1) is 0 Å². The summed E-state index contributed by atoms with van der Waals surface area (Å²) in [4.78, 5) is 22.8. The molecule has 1 aliphatic heterocycles. The number of hydrogen-bond acceptors (Lipinski definition) is 5. The Balaban J connectivity index is 1.42. The monoisotopic (exact) mass is 385 g/mol. The largest absolute Gasteiger partial charge is 0.478 e. The van der Waals surface area contributed by atoms with Gasteiger partial charge in [-0.2, -0.15) is 0 Å². The summed E-state index contributed by atoms with van der Waals surface area (Å²) in [5.41, 5.74) is 1.82. The Morgan fingerprint density at radius 3 is 2.46 bits per heavy atom. The number of aromatic carboxylic acids is 1. The number of carbonyl (C=O) groups excluding carboxylic acids is 1. The highest BCUT2D eigenvalue weighted by Gasteiger charge is 2.35. The summed E-state index contributed by atoms with van der Waals surface area (Å²) in [6, 6.07) is 15.0. The third kappa shape index (κ3) is 5.29. The topological polar surface area (TPSA) is 120 Å². The Morgan fingerprint density at radius 2 is 1.79 bits per heavy atom. The van der Waals surface area contributed by atoms with Gasteiger partial charge >= 0.3 is 12.0 Å². The van der Waals surface area contributed by atoms with E-state index in [9.17, 15) is 14.7 Å². The molecule has 1 fully saturated rings. The number of para-hydroxylation sites is 1. The predicted molar refractivity (Wildman–Crippen MR) is 103 cm³/mol. The van der Waals surface area contributed by atoms with Crippen molar-refractivity contribution < 1.29 is 24.5 Å². The fourth-order valence-corrected chi connectivity index (χ4v) is 2.95. The van der Waals surface area contributed by atoms with E-state index in [1.165, 1.54) is 0 Å². The summed E-state index contributed by atoms with van der Waals surface area (Å²) in [7, 11) is 0. The third-order valence-corrected chi connectivity index (χ3v) is 4.55. The molecule has 2 amide bonds. The lowest BCUT2D eigenvalue weighted by Gasteiger charge is -2.19. The first kappa shape index (κ1) is 19.8. The van der Waals surface area contributed by atoms with Crippen molar-refractivity contribution in [3.05, 3.63) is 65.7 Å². The normalized spacial score (nSPS) is 21.2. The highest BCUT2D eigenvalue weighted by molar-refractivity contribution is 5.89. The van der Waals surface area contributed by atoms with Crippen molar-refractivity contribution in [2.24, 2.45) is 0 Å². The second-order valence-electron chi connectivity index (χ2n) is 6.55. The molecule has 1 heterocycles. The number of ether oxygens (including phenoxy) is 1. The van der Waals surface area contributed by atoms with Gasteiger partial charge < -0.3 is 30.9 Å². The molecule has 5 N–H and O–H groups in total. The van der Waals surface area contributed by atoms with Crippen LogP contribution in [0, 0.1) is 0 Å². The van der Waals surface area contributed by atoms with Crippen molar-refractivity contribution in [1.29, 1.82) is 0 Å². The first-order valence-corrected chi connectivity index (χ1v) is 8.98. The molecule has 1 saturated heterocycles. The molecule has 8 heteroatoms. The molecule has 3 rings (SSSR count). The molecule has 3 unspecified atom stereocenters. The van der Waals surface area contributed by atoms with Gasteiger partial charge in [-0.05, 0) is 29.8 Å². The number of aliphatic hydroxyl groups excluding tert-OH is 1. The lowest BCUT2D eigenvalue weighted by molar-refractivity contribution is 0.0428. The summed E-state index contributed by atoms with van der Waals surface area (Å²) < 4.78 is 5.58. The molecule has 3 atom stereocenters. The molecule has 0 radical (unpaired) electrons. The number of aliphatic hydroxyl groups is 1. The Morgan fingerprint density at radius 1 is 1.07 bits per heavy atom. The number of nitrogens with one attached hydrogen (secondary N) is 3. The molecule has 2 aromatic carbocycles. The number of rotatable bonds is 7. The molecule has 148 valence electrons. The van der Waals surface area contributed by atoms with Crippen LogP contribution in [0.5, 0.6) is 0 Å². The Kier molecular flexibility index (Phi) is 6.59. The number of amides is 2. The van der Waals surface area contributed by atoms with Gasteiger partial charge in [0.25, 0.3) is 0 Å². The number of urea groups is 1. The van der Waals surface area contributed by atoms with Crippen LogP contribution in [0.25, 0.3) is 0 Å². The Bertz CT molecular complexity index is 797. The van der Waals surface area contributed by atoms with Gasteiger partial charge in [-0.25, -0.2) is 9.59 Å². The van der Waals surface area contributed by atoms with Crippen LogP contribution in [0.1, 0.15) is 15.9 Å². The molecule has 0 saturated carbocycles.